The Morgan fingerprint density at radius 3 is 2.63 bits per heavy atom. The third kappa shape index (κ3) is 2.33. The lowest BCUT2D eigenvalue weighted by atomic mass is 10.0. The predicted molar refractivity (Wildman–Crippen MR) is 80.1 cm³/mol. The average Bonchev–Trinajstić information content (AvgIpc) is 2.47. The van der Waals surface area contributed by atoms with Crippen LogP contribution in [-0.4, -0.2) is 4.98 Å². The van der Waals surface area contributed by atoms with E-state index in [1.165, 1.54) is 0 Å². The zero-order chi connectivity index (χ0) is 13.2. The number of pyridine rings is 1. The van der Waals surface area contributed by atoms with Crippen LogP contribution in [0.25, 0.3) is 22.0 Å². The lowest BCUT2D eigenvalue weighted by molar-refractivity contribution is 1.07. The lowest BCUT2D eigenvalue weighted by Crippen LogP contribution is -1.97. The van der Waals surface area contributed by atoms with E-state index >= 15 is 0 Å². The van der Waals surface area contributed by atoms with Crippen molar-refractivity contribution in [2.45, 2.75) is 6.54 Å². The molecule has 0 radical (unpaired) electrons. The summed E-state index contributed by atoms with van der Waals surface area (Å²) in [5.41, 5.74) is 9.87. The minimum atomic E-state index is 0.443. The number of aromatic nitrogens is 1. The second kappa shape index (κ2) is 5.00. The summed E-state index contributed by atoms with van der Waals surface area (Å²) in [6.07, 6.45) is 1.80. The van der Waals surface area contributed by atoms with E-state index in [1.807, 2.05) is 24.3 Å². The van der Waals surface area contributed by atoms with Crippen molar-refractivity contribution in [1.29, 1.82) is 0 Å². The third-order valence-corrected chi connectivity index (χ3v) is 3.57. The molecule has 0 aliphatic rings. The van der Waals surface area contributed by atoms with E-state index in [4.69, 9.17) is 17.3 Å². The fourth-order valence-corrected chi connectivity index (χ4v) is 2.35. The molecule has 19 heavy (non-hydrogen) atoms. The maximum Gasteiger partial charge on any atom is 0.0708 e. The maximum atomic E-state index is 6.09. The van der Waals surface area contributed by atoms with Crippen LogP contribution in [0.5, 0.6) is 0 Å². The van der Waals surface area contributed by atoms with Crippen molar-refractivity contribution < 1.29 is 0 Å². The molecular formula is C16H13ClN2. The molecular weight excluding hydrogens is 256 g/mol. The Morgan fingerprint density at radius 1 is 1.00 bits per heavy atom. The molecule has 0 spiro atoms. The highest BCUT2D eigenvalue weighted by molar-refractivity contribution is 6.31. The molecule has 0 saturated heterocycles. The van der Waals surface area contributed by atoms with Gasteiger partial charge in [0.2, 0.25) is 0 Å². The highest BCUT2D eigenvalue weighted by atomic mass is 35.5. The van der Waals surface area contributed by atoms with Gasteiger partial charge in [-0.05, 0) is 41.0 Å². The van der Waals surface area contributed by atoms with Gasteiger partial charge in [0, 0.05) is 23.2 Å². The van der Waals surface area contributed by atoms with E-state index in [0.29, 0.717) is 11.6 Å². The molecule has 1 heterocycles. The summed E-state index contributed by atoms with van der Waals surface area (Å²) in [4.78, 5) is 4.38. The van der Waals surface area contributed by atoms with Crippen LogP contribution in [0.4, 0.5) is 0 Å². The Bertz CT molecular complexity index is 738. The average molecular weight is 269 g/mol. The number of halogens is 1. The lowest BCUT2D eigenvalue weighted by Gasteiger charge is -2.07. The largest absolute Gasteiger partial charge is 0.326 e. The van der Waals surface area contributed by atoms with Crippen molar-refractivity contribution in [3.63, 3.8) is 0 Å². The first-order valence-corrected chi connectivity index (χ1v) is 6.49. The van der Waals surface area contributed by atoms with Crippen LogP contribution in [0.15, 0.2) is 54.7 Å². The minimum Gasteiger partial charge on any atom is -0.326 e. The van der Waals surface area contributed by atoms with Crippen molar-refractivity contribution in [3.05, 3.63) is 65.3 Å². The number of hydrogen-bond donors (Lipinski definition) is 1. The second-order valence-corrected chi connectivity index (χ2v) is 4.83. The summed E-state index contributed by atoms with van der Waals surface area (Å²) in [5, 5.41) is 1.85. The summed E-state index contributed by atoms with van der Waals surface area (Å²) in [7, 11) is 0. The van der Waals surface area contributed by atoms with E-state index in [-0.39, 0.29) is 0 Å². The first-order chi connectivity index (χ1) is 9.28. The van der Waals surface area contributed by atoms with Gasteiger partial charge in [-0.25, -0.2) is 0 Å². The third-order valence-electron chi connectivity index (χ3n) is 3.20. The highest BCUT2D eigenvalue weighted by Gasteiger charge is 2.04. The molecule has 0 fully saturated rings. The SMILES string of the molecule is NCc1cc(-c2ccc3cccnc3c2)ccc1Cl. The highest BCUT2D eigenvalue weighted by Crippen LogP contribution is 2.27. The van der Waals surface area contributed by atoms with Crippen molar-refractivity contribution >= 4 is 22.5 Å². The fourth-order valence-electron chi connectivity index (χ4n) is 2.16. The molecule has 0 bridgehead atoms. The first kappa shape index (κ1) is 12.2. The fraction of sp³-hybridized carbons (Fsp3) is 0.0625. The standard InChI is InChI=1S/C16H13ClN2/c17-15-6-5-12(8-14(15)10-18)13-4-3-11-2-1-7-19-16(11)9-13/h1-9H,10,18H2. The van der Waals surface area contributed by atoms with Gasteiger partial charge >= 0.3 is 0 Å². The molecule has 3 heteroatoms. The van der Waals surface area contributed by atoms with Crippen LogP contribution in [0.3, 0.4) is 0 Å². The molecule has 0 unspecified atom stereocenters. The van der Waals surface area contributed by atoms with Crippen LogP contribution in [0, 0.1) is 0 Å². The van der Waals surface area contributed by atoms with Crippen LogP contribution >= 0.6 is 11.6 Å². The second-order valence-electron chi connectivity index (χ2n) is 4.42. The zero-order valence-corrected chi connectivity index (χ0v) is 11.1. The van der Waals surface area contributed by atoms with Crippen LogP contribution in [0.1, 0.15) is 5.56 Å². The Morgan fingerprint density at radius 2 is 1.79 bits per heavy atom. The summed E-state index contributed by atoms with van der Waals surface area (Å²) < 4.78 is 0. The van der Waals surface area contributed by atoms with Crippen LogP contribution < -0.4 is 5.73 Å². The number of nitrogens with two attached hydrogens (primary N) is 1. The molecule has 0 aliphatic carbocycles. The summed E-state index contributed by atoms with van der Waals surface area (Å²) >= 11 is 6.09. The monoisotopic (exact) mass is 268 g/mol. The Hall–Kier alpha value is -1.90. The normalized spacial score (nSPS) is 10.8. The quantitative estimate of drug-likeness (QED) is 0.763. The molecule has 0 saturated carbocycles. The molecule has 3 rings (SSSR count). The van der Waals surface area contributed by atoms with Crippen LogP contribution in [-0.2, 0) is 6.54 Å². The topological polar surface area (TPSA) is 38.9 Å². The van der Waals surface area contributed by atoms with Crippen molar-refractivity contribution in [3.8, 4) is 11.1 Å². The number of hydrogen-bond acceptors (Lipinski definition) is 2. The van der Waals surface area contributed by atoms with Crippen molar-refractivity contribution in [1.82, 2.24) is 4.98 Å². The van der Waals surface area contributed by atoms with Gasteiger partial charge in [0.15, 0.2) is 0 Å². The molecule has 2 aromatic carbocycles. The predicted octanol–water partition coefficient (Wildman–Crippen LogP) is 4.01. The van der Waals surface area contributed by atoms with Gasteiger partial charge in [-0.2, -0.15) is 0 Å². The molecule has 2 N–H and O–H groups in total. The Balaban J connectivity index is 2.13. The molecule has 3 aromatic rings. The number of benzene rings is 2. The molecule has 94 valence electrons. The van der Waals surface area contributed by atoms with Gasteiger partial charge in [-0.3, -0.25) is 4.98 Å². The first-order valence-electron chi connectivity index (χ1n) is 6.11. The van der Waals surface area contributed by atoms with Crippen LogP contribution in [0.2, 0.25) is 5.02 Å². The van der Waals surface area contributed by atoms with E-state index in [0.717, 1.165) is 27.6 Å². The Kier molecular flexibility index (Phi) is 3.20. The number of fused-ring (bicyclic) bond motifs is 1. The summed E-state index contributed by atoms with van der Waals surface area (Å²) in [6.45, 7) is 0.443. The molecule has 2 nitrogen and oxygen atoms in total. The van der Waals surface area contributed by atoms with Gasteiger partial charge < -0.3 is 5.73 Å². The zero-order valence-electron chi connectivity index (χ0n) is 10.3. The van der Waals surface area contributed by atoms with Gasteiger partial charge in [-0.15, -0.1) is 0 Å². The van der Waals surface area contributed by atoms with Gasteiger partial charge in [0.1, 0.15) is 0 Å². The van der Waals surface area contributed by atoms with Gasteiger partial charge in [0.25, 0.3) is 0 Å². The Labute approximate surface area is 116 Å². The molecule has 1 aromatic heterocycles. The van der Waals surface area contributed by atoms with E-state index in [2.05, 4.69) is 29.2 Å². The maximum absolute atomic E-state index is 6.09. The van der Waals surface area contributed by atoms with Crippen molar-refractivity contribution in [2.75, 3.05) is 0 Å². The summed E-state index contributed by atoms with van der Waals surface area (Å²) in [5.74, 6) is 0. The van der Waals surface area contributed by atoms with Crippen molar-refractivity contribution in [2.24, 2.45) is 5.73 Å². The van der Waals surface area contributed by atoms with Gasteiger partial charge in [-0.1, -0.05) is 35.9 Å². The van der Waals surface area contributed by atoms with E-state index in [9.17, 15) is 0 Å². The van der Waals surface area contributed by atoms with E-state index in [1.54, 1.807) is 6.20 Å². The minimum absolute atomic E-state index is 0.443. The smallest absolute Gasteiger partial charge is 0.0708 e. The van der Waals surface area contributed by atoms with E-state index < -0.39 is 0 Å². The molecule has 0 amide bonds. The molecule has 0 aliphatic heterocycles. The summed E-state index contributed by atoms with van der Waals surface area (Å²) in [6, 6.07) is 16.2. The molecule has 0 atom stereocenters. The number of nitrogens with zero attached hydrogens (tertiary/aromatic N) is 1. The number of rotatable bonds is 2. The van der Waals surface area contributed by atoms with Gasteiger partial charge in [0.05, 0.1) is 5.52 Å².